The maximum atomic E-state index is 13.1. The Morgan fingerprint density at radius 2 is 1.68 bits per heavy atom. The molecule has 0 radical (unpaired) electrons. The first kappa shape index (κ1) is 25.7. The fraction of sp³-hybridized carbons (Fsp3) is 0.286. The summed E-state index contributed by atoms with van der Waals surface area (Å²) in [6.07, 6.45) is 2.81. The third-order valence-corrected chi connectivity index (χ3v) is 8.40. The van der Waals surface area contributed by atoms with Gasteiger partial charge in [-0.3, -0.25) is 13.9 Å². The average molecular weight is 534 g/mol. The minimum absolute atomic E-state index is 0.00314. The summed E-state index contributed by atoms with van der Waals surface area (Å²) in [7, 11) is 0.117. The van der Waals surface area contributed by atoms with Crippen molar-refractivity contribution in [1.29, 1.82) is 0 Å². The van der Waals surface area contributed by atoms with E-state index >= 15 is 0 Å². The fourth-order valence-corrected chi connectivity index (χ4v) is 5.38. The number of amides is 2. The van der Waals surface area contributed by atoms with E-state index < -0.39 is 10.0 Å². The minimum Gasteiger partial charge on any atom is -0.353 e. The molecular formula is C28H31N5O4S. The maximum Gasteiger partial charge on any atom is 0.257 e. The molecule has 5 rings (SSSR count). The molecule has 198 valence electrons. The summed E-state index contributed by atoms with van der Waals surface area (Å²) in [6, 6.07) is 18.0. The van der Waals surface area contributed by atoms with Crippen LogP contribution in [0.1, 0.15) is 23.2 Å². The maximum absolute atomic E-state index is 13.1. The number of anilines is 5. The summed E-state index contributed by atoms with van der Waals surface area (Å²) in [5.41, 5.74) is 4.95. The smallest absolute Gasteiger partial charge is 0.257 e. The van der Waals surface area contributed by atoms with Crippen LogP contribution in [-0.4, -0.2) is 58.6 Å². The Hall–Kier alpha value is -3.89. The summed E-state index contributed by atoms with van der Waals surface area (Å²) >= 11 is 0. The second-order valence-electron chi connectivity index (χ2n) is 9.91. The van der Waals surface area contributed by atoms with Crippen molar-refractivity contribution in [3.63, 3.8) is 0 Å². The zero-order valence-electron chi connectivity index (χ0n) is 21.6. The average Bonchev–Trinajstić information content (AvgIpc) is 3.03. The zero-order valence-corrected chi connectivity index (χ0v) is 22.4. The van der Waals surface area contributed by atoms with E-state index in [1.54, 1.807) is 30.3 Å². The van der Waals surface area contributed by atoms with Crippen LogP contribution in [0.2, 0.25) is 0 Å². The van der Waals surface area contributed by atoms with Crippen molar-refractivity contribution in [3.8, 4) is 11.1 Å². The van der Waals surface area contributed by atoms with Gasteiger partial charge in [-0.15, -0.1) is 0 Å². The number of sulfonamides is 1. The van der Waals surface area contributed by atoms with E-state index in [4.69, 9.17) is 0 Å². The van der Waals surface area contributed by atoms with Crippen LogP contribution < -0.4 is 20.3 Å². The molecule has 0 bridgehead atoms. The number of carbonyl (C=O) groups excluding carboxylic acids is 2. The monoisotopic (exact) mass is 533 g/mol. The largest absolute Gasteiger partial charge is 0.353 e. The van der Waals surface area contributed by atoms with Gasteiger partial charge in [0, 0.05) is 24.2 Å². The van der Waals surface area contributed by atoms with Gasteiger partial charge in [-0.05, 0) is 74.9 Å². The number of hydrogen-bond acceptors (Lipinski definition) is 6. The Morgan fingerprint density at radius 1 is 0.947 bits per heavy atom. The van der Waals surface area contributed by atoms with Crippen LogP contribution in [0, 0.1) is 5.92 Å². The number of likely N-dealkylation sites (tertiary alicyclic amines) is 1. The molecule has 3 N–H and O–H groups in total. The summed E-state index contributed by atoms with van der Waals surface area (Å²) in [5, 5.41) is 9.28. The number of hydrogen-bond donors (Lipinski definition) is 3. The molecule has 0 unspecified atom stereocenters. The molecule has 1 fully saturated rings. The summed E-state index contributed by atoms with van der Waals surface area (Å²) in [5.74, 6) is -0.306. The SMILES string of the molecule is CN1CCC(C(=O)Nc2ccc3c(c2)NC(=O)c2ccc(-c4ccccc4N(C)S(C)(=O)=O)cc2N3)CC1. The Morgan fingerprint density at radius 3 is 2.42 bits per heavy atom. The van der Waals surface area contributed by atoms with Gasteiger partial charge in [0.05, 0.1) is 34.6 Å². The lowest BCUT2D eigenvalue weighted by Crippen LogP contribution is -2.35. The van der Waals surface area contributed by atoms with E-state index in [9.17, 15) is 18.0 Å². The quantitative estimate of drug-likeness (QED) is 0.450. The Balaban J connectivity index is 1.42. The number of benzene rings is 3. The van der Waals surface area contributed by atoms with Gasteiger partial charge in [0.1, 0.15) is 0 Å². The van der Waals surface area contributed by atoms with Crippen LogP contribution in [0.25, 0.3) is 11.1 Å². The molecule has 2 aliphatic heterocycles. The van der Waals surface area contributed by atoms with Gasteiger partial charge in [-0.25, -0.2) is 8.42 Å². The Bertz CT molecular complexity index is 1510. The third-order valence-electron chi connectivity index (χ3n) is 7.21. The first-order valence-electron chi connectivity index (χ1n) is 12.5. The Kier molecular flexibility index (Phi) is 6.85. The van der Waals surface area contributed by atoms with Gasteiger partial charge in [0.2, 0.25) is 15.9 Å². The standard InChI is InChI=1S/C28H31N5O4S/c1-32-14-12-18(13-15-32)27(34)29-20-9-11-23-25(17-20)31-28(35)22-10-8-19(16-24(22)30-23)21-6-4-5-7-26(21)33(2)38(3,36)37/h4-11,16-18,30H,12-15H2,1-3H3,(H,29,34)(H,31,35). The lowest BCUT2D eigenvalue weighted by Gasteiger charge is -2.28. The highest BCUT2D eigenvalue weighted by Gasteiger charge is 2.25. The molecule has 0 spiro atoms. The highest BCUT2D eigenvalue weighted by atomic mass is 32.2. The number of nitrogens with zero attached hydrogens (tertiary/aromatic N) is 2. The van der Waals surface area contributed by atoms with Crippen LogP contribution in [0.5, 0.6) is 0 Å². The molecule has 3 aromatic carbocycles. The molecule has 2 aliphatic rings. The normalized spacial score (nSPS) is 15.9. The van der Waals surface area contributed by atoms with E-state index in [2.05, 4.69) is 27.9 Å². The number of piperidine rings is 1. The van der Waals surface area contributed by atoms with E-state index in [-0.39, 0.29) is 17.7 Å². The first-order chi connectivity index (χ1) is 18.1. The van der Waals surface area contributed by atoms with Gasteiger partial charge in [0.15, 0.2) is 0 Å². The van der Waals surface area contributed by atoms with Gasteiger partial charge < -0.3 is 20.9 Å². The highest BCUT2D eigenvalue weighted by molar-refractivity contribution is 7.92. The molecule has 10 heteroatoms. The van der Waals surface area contributed by atoms with Crippen LogP contribution in [0.15, 0.2) is 60.7 Å². The fourth-order valence-electron chi connectivity index (χ4n) is 4.87. The van der Waals surface area contributed by atoms with Crippen LogP contribution >= 0.6 is 0 Å². The van der Waals surface area contributed by atoms with E-state index in [1.807, 2.05) is 30.3 Å². The molecular weight excluding hydrogens is 502 g/mol. The summed E-state index contributed by atoms with van der Waals surface area (Å²) < 4.78 is 25.6. The minimum atomic E-state index is -3.46. The second kappa shape index (κ2) is 10.1. The molecule has 1 saturated heterocycles. The van der Waals surface area contributed by atoms with Crippen molar-refractivity contribution < 1.29 is 18.0 Å². The number of nitrogens with one attached hydrogen (secondary N) is 3. The first-order valence-corrected chi connectivity index (χ1v) is 14.3. The van der Waals surface area contributed by atoms with Gasteiger partial charge in [0.25, 0.3) is 5.91 Å². The van der Waals surface area contributed by atoms with Crippen molar-refractivity contribution in [2.75, 3.05) is 53.7 Å². The van der Waals surface area contributed by atoms with Crippen molar-refractivity contribution in [2.45, 2.75) is 12.8 Å². The van der Waals surface area contributed by atoms with Crippen molar-refractivity contribution in [1.82, 2.24) is 4.90 Å². The second-order valence-corrected chi connectivity index (χ2v) is 11.9. The summed E-state index contributed by atoms with van der Waals surface area (Å²) in [4.78, 5) is 28.1. The predicted molar refractivity (Wildman–Crippen MR) is 152 cm³/mol. The topological polar surface area (TPSA) is 111 Å². The van der Waals surface area contributed by atoms with Gasteiger partial charge in [-0.1, -0.05) is 24.3 Å². The van der Waals surface area contributed by atoms with Gasteiger partial charge in [-0.2, -0.15) is 0 Å². The van der Waals surface area contributed by atoms with Crippen LogP contribution in [0.4, 0.5) is 28.4 Å². The predicted octanol–water partition coefficient (Wildman–Crippen LogP) is 4.34. The van der Waals surface area contributed by atoms with Crippen LogP contribution in [0.3, 0.4) is 0 Å². The van der Waals surface area contributed by atoms with E-state index in [1.165, 1.54) is 11.4 Å². The molecule has 0 aliphatic carbocycles. The molecule has 9 nitrogen and oxygen atoms in total. The third kappa shape index (κ3) is 5.23. The number of para-hydroxylation sites is 1. The Labute approximate surface area is 222 Å². The lowest BCUT2D eigenvalue weighted by molar-refractivity contribution is -0.121. The molecule has 2 heterocycles. The number of carbonyl (C=O) groups is 2. The highest BCUT2D eigenvalue weighted by Crippen LogP contribution is 2.38. The molecule has 38 heavy (non-hydrogen) atoms. The molecule has 0 atom stereocenters. The van der Waals surface area contributed by atoms with Gasteiger partial charge >= 0.3 is 0 Å². The van der Waals surface area contributed by atoms with E-state index in [0.717, 1.165) is 43.3 Å². The molecule has 0 aromatic heterocycles. The number of fused-ring (bicyclic) bond motifs is 2. The molecule has 3 aromatic rings. The van der Waals surface area contributed by atoms with E-state index in [0.29, 0.717) is 34.0 Å². The van der Waals surface area contributed by atoms with Crippen molar-refractivity contribution >= 4 is 50.3 Å². The zero-order chi connectivity index (χ0) is 27.0. The molecule has 2 amide bonds. The molecule has 0 saturated carbocycles. The lowest BCUT2D eigenvalue weighted by atomic mass is 9.96. The number of rotatable bonds is 5. The summed E-state index contributed by atoms with van der Waals surface area (Å²) in [6.45, 7) is 1.80. The van der Waals surface area contributed by atoms with Crippen LogP contribution in [-0.2, 0) is 14.8 Å². The van der Waals surface area contributed by atoms with Crippen molar-refractivity contribution in [3.05, 3.63) is 66.2 Å². The van der Waals surface area contributed by atoms with Crippen molar-refractivity contribution in [2.24, 2.45) is 5.92 Å².